The zero-order valence-electron chi connectivity index (χ0n) is 8.96. The first kappa shape index (κ1) is 10.1. The average molecular weight is 225 g/mol. The van der Waals surface area contributed by atoms with Gasteiger partial charge in [0.05, 0.1) is 11.8 Å². The lowest BCUT2D eigenvalue weighted by Crippen LogP contribution is -2.59. The second kappa shape index (κ2) is 2.96. The summed E-state index contributed by atoms with van der Waals surface area (Å²) in [6.07, 6.45) is 3.24. The molecular formula is C11H15NO4. The summed E-state index contributed by atoms with van der Waals surface area (Å²) >= 11 is 0. The predicted molar refractivity (Wildman–Crippen MR) is 54.4 cm³/mol. The van der Waals surface area contributed by atoms with Crippen LogP contribution in [-0.4, -0.2) is 22.5 Å². The van der Waals surface area contributed by atoms with Crippen LogP contribution in [0, 0.1) is 39.2 Å². The molecule has 0 saturated heterocycles. The molecule has 0 heterocycles. The van der Waals surface area contributed by atoms with Gasteiger partial charge < -0.3 is 5.11 Å². The van der Waals surface area contributed by atoms with Gasteiger partial charge in [-0.25, -0.2) is 0 Å². The maximum atomic E-state index is 10.9. The molecule has 0 spiro atoms. The molecule has 5 heteroatoms. The number of rotatable bonds is 4. The third kappa shape index (κ3) is 1.09. The van der Waals surface area contributed by atoms with Crippen LogP contribution in [0.25, 0.3) is 0 Å². The van der Waals surface area contributed by atoms with E-state index >= 15 is 0 Å². The lowest BCUT2D eigenvalue weighted by molar-refractivity contribution is -0.512. The SMILES string of the molecule is O=C(O)C[C@]1(C[N+](=O)[O-])[C@@H]2C[C@H]3C[C@@H]2[C@@H]1C3. The molecule has 3 aliphatic rings. The molecule has 0 unspecified atom stereocenters. The zero-order valence-corrected chi connectivity index (χ0v) is 8.96. The molecule has 3 fully saturated rings. The normalized spacial score (nSPS) is 47.8. The molecule has 3 rings (SSSR count). The molecule has 1 N–H and O–H groups in total. The Kier molecular flexibility index (Phi) is 1.86. The number of carboxylic acids is 1. The number of carboxylic acid groups (broad SMARTS) is 1. The Balaban J connectivity index is 1.86. The Morgan fingerprint density at radius 3 is 2.38 bits per heavy atom. The first-order valence-electron chi connectivity index (χ1n) is 5.86. The summed E-state index contributed by atoms with van der Waals surface area (Å²) in [5.74, 6) is 1.09. The number of carbonyl (C=O) groups is 1. The first-order chi connectivity index (χ1) is 7.53. The highest BCUT2D eigenvalue weighted by Gasteiger charge is 2.71. The summed E-state index contributed by atoms with van der Waals surface area (Å²) in [6.45, 7) is -0.141. The van der Waals surface area contributed by atoms with Crippen molar-refractivity contribution in [2.24, 2.45) is 29.1 Å². The Bertz CT molecular complexity index is 335. The minimum Gasteiger partial charge on any atom is -0.481 e. The van der Waals surface area contributed by atoms with Crippen molar-refractivity contribution < 1.29 is 14.8 Å². The fourth-order valence-corrected chi connectivity index (χ4v) is 4.90. The third-order valence-corrected chi connectivity index (χ3v) is 5.19. The summed E-state index contributed by atoms with van der Waals surface area (Å²) in [5, 5.41) is 19.7. The molecular weight excluding hydrogens is 210 g/mol. The van der Waals surface area contributed by atoms with Gasteiger partial charge in [-0.2, -0.15) is 0 Å². The fraction of sp³-hybridized carbons (Fsp3) is 0.909. The van der Waals surface area contributed by atoms with E-state index in [0.717, 1.165) is 18.8 Å². The number of hydrogen-bond acceptors (Lipinski definition) is 3. The van der Waals surface area contributed by atoms with Gasteiger partial charge in [0.15, 0.2) is 0 Å². The van der Waals surface area contributed by atoms with Crippen molar-refractivity contribution in [2.45, 2.75) is 25.7 Å². The molecule has 0 aliphatic heterocycles. The molecule has 16 heavy (non-hydrogen) atoms. The molecule has 0 aromatic rings. The highest BCUT2D eigenvalue weighted by atomic mass is 16.6. The van der Waals surface area contributed by atoms with Gasteiger partial charge in [0.2, 0.25) is 6.54 Å². The molecule has 0 radical (unpaired) electrons. The fourth-order valence-electron chi connectivity index (χ4n) is 4.90. The third-order valence-electron chi connectivity index (χ3n) is 5.19. The summed E-state index contributed by atoms with van der Waals surface area (Å²) < 4.78 is 0. The Hall–Kier alpha value is -1.13. The van der Waals surface area contributed by atoms with E-state index in [9.17, 15) is 14.9 Å². The van der Waals surface area contributed by atoms with E-state index in [0.29, 0.717) is 17.8 Å². The molecule has 5 nitrogen and oxygen atoms in total. The minimum atomic E-state index is -0.879. The Morgan fingerprint density at radius 1 is 1.38 bits per heavy atom. The molecule has 0 aromatic heterocycles. The Labute approximate surface area is 93.0 Å². The minimum absolute atomic E-state index is 0.00741. The number of nitro groups is 1. The van der Waals surface area contributed by atoms with E-state index in [-0.39, 0.29) is 17.9 Å². The second-order valence-electron chi connectivity index (χ2n) is 5.74. The number of nitrogens with zero attached hydrogens (tertiary/aromatic N) is 1. The summed E-state index contributed by atoms with van der Waals surface area (Å²) in [7, 11) is 0. The van der Waals surface area contributed by atoms with Gasteiger partial charge in [0, 0.05) is 4.92 Å². The van der Waals surface area contributed by atoms with Crippen LogP contribution in [-0.2, 0) is 4.79 Å². The standard InChI is InChI=1S/C11H15NO4/c13-10(14)4-11(5-12(15)16)8-2-6-1-7(8)9(11)3-6/h6-9H,1-5H2,(H,13,14)/t6-,7+,8-,9+,11+. The largest absolute Gasteiger partial charge is 0.481 e. The van der Waals surface area contributed by atoms with Gasteiger partial charge in [0.25, 0.3) is 0 Å². The Morgan fingerprint density at radius 2 is 2.00 bits per heavy atom. The molecule has 88 valence electrons. The molecule has 3 saturated carbocycles. The quantitative estimate of drug-likeness (QED) is 0.579. The van der Waals surface area contributed by atoms with Gasteiger partial charge in [0.1, 0.15) is 0 Å². The van der Waals surface area contributed by atoms with E-state index in [4.69, 9.17) is 5.11 Å². The van der Waals surface area contributed by atoms with Gasteiger partial charge in [-0.05, 0) is 42.9 Å². The van der Waals surface area contributed by atoms with Crippen molar-refractivity contribution in [3.8, 4) is 0 Å². The summed E-state index contributed by atoms with van der Waals surface area (Å²) in [5.41, 5.74) is -0.507. The highest BCUT2D eigenvalue weighted by molar-refractivity contribution is 5.68. The van der Waals surface area contributed by atoms with Crippen LogP contribution in [0.2, 0.25) is 0 Å². The number of fused-ring (bicyclic) bond motifs is 1. The van der Waals surface area contributed by atoms with Crippen LogP contribution in [0.15, 0.2) is 0 Å². The zero-order chi connectivity index (χ0) is 11.5. The van der Waals surface area contributed by atoms with E-state index < -0.39 is 11.4 Å². The van der Waals surface area contributed by atoms with Crippen molar-refractivity contribution in [1.29, 1.82) is 0 Å². The summed E-state index contributed by atoms with van der Waals surface area (Å²) in [4.78, 5) is 21.4. The molecule has 0 amide bonds. The van der Waals surface area contributed by atoms with Gasteiger partial charge in [-0.3, -0.25) is 14.9 Å². The van der Waals surface area contributed by atoms with Crippen LogP contribution < -0.4 is 0 Å². The molecule has 5 atom stereocenters. The van der Waals surface area contributed by atoms with Crippen LogP contribution in [0.3, 0.4) is 0 Å². The van der Waals surface area contributed by atoms with E-state index in [2.05, 4.69) is 0 Å². The summed E-state index contributed by atoms with van der Waals surface area (Å²) in [6, 6.07) is 0. The topological polar surface area (TPSA) is 80.4 Å². The van der Waals surface area contributed by atoms with E-state index in [1.54, 1.807) is 0 Å². The first-order valence-corrected chi connectivity index (χ1v) is 5.86. The van der Waals surface area contributed by atoms with Crippen molar-refractivity contribution in [1.82, 2.24) is 0 Å². The maximum Gasteiger partial charge on any atom is 0.304 e. The molecule has 2 bridgehead atoms. The average Bonchev–Trinajstić information content (AvgIpc) is 2.70. The van der Waals surface area contributed by atoms with Gasteiger partial charge >= 0.3 is 5.97 Å². The van der Waals surface area contributed by atoms with Crippen molar-refractivity contribution in [3.05, 3.63) is 10.1 Å². The lowest BCUT2D eigenvalue weighted by Gasteiger charge is -2.58. The smallest absolute Gasteiger partial charge is 0.304 e. The maximum absolute atomic E-state index is 10.9. The van der Waals surface area contributed by atoms with Crippen LogP contribution in [0.5, 0.6) is 0 Å². The van der Waals surface area contributed by atoms with Crippen molar-refractivity contribution in [3.63, 3.8) is 0 Å². The molecule has 0 aromatic carbocycles. The van der Waals surface area contributed by atoms with Crippen molar-refractivity contribution in [2.75, 3.05) is 6.54 Å². The van der Waals surface area contributed by atoms with Crippen LogP contribution in [0.4, 0.5) is 0 Å². The molecule has 3 aliphatic carbocycles. The van der Waals surface area contributed by atoms with E-state index in [1.807, 2.05) is 0 Å². The van der Waals surface area contributed by atoms with Crippen LogP contribution in [0.1, 0.15) is 25.7 Å². The highest BCUT2D eigenvalue weighted by Crippen LogP contribution is 2.73. The second-order valence-corrected chi connectivity index (χ2v) is 5.74. The van der Waals surface area contributed by atoms with Gasteiger partial charge in [-0.15, -0.1) is 0 Å². The lowest BCUT2D eigenvalue weighted by atomic mass is 9.44. The number of hydrogen-bond donors (Lipinski definition) is 1. The number of aliphatic carboxylic acids is 1. The monoisotopic (exact) mass is 225 g/mol. The van der Waals surface area contributed by atoms with Crippen molar-refractivity contribution >= 4 is 5.97 Å². The van der Waals surface area contributed by atoms with E-state index in [1.165, 1.54) is 6.42 Å². The predicted octanol–water partition coefficient (Wildman–Crippen LogP) is 1.40. The van der Waals surface area contributed by atoms with Crippen LogP contribution >= 0.6 is 0 Å². The van der Waals surface area contributed by atoms with Gasteiger partial charge in [-0.1, -0.05) is 0 Å².